The fraction of sp³-hybridized carbons (Fsp3) is 0.545. The molecule has 0 bridgehead atoms. The van der Waals surface area contributed by atoms with E-state index in [1.807, 2.05) is 25.7 Å². The summed E-state index contributed by atoms with van der Waals surface area (Å²) in [5, 5.41) is 9.50. The largest absolute Gasteiger partial charge is 0.492 e. The number of benzene rings is 1. The molecule has 162 valence electrons. The number of carboxylic acid groups (broad SMARTS) is 1. The van der Waals surface area contributed by atoms with Crippen molar-refractivity contribution in [1.29, 1.82) is 0 Å². The topological polar surface area (TPSA) is 97.8 Å². The van der Waals surface area contributed by atoms with Crippen LogP contribution in [-0.4, -0.2) is 41.4 Å². The first-order valence-electron chi connectivity index (χ1n) is 10.3. The molecule has 1 aliphatic heterocycles. The number of hydrogen-bond donors (Lipinski definition) is 2. The monoisotopic (exact) mass is 417 g/mol. The van der Waals surface area contributed by atoms with Crippen LogP contribution in [0.25, 0.3) is 10.9 Å². The standard InChI is InChI=1S/C22H28FN3O4/c1-22(2,3)26-9-13(21(28)29)19(27)12-8-14(23)18(20(30-4)17(12)26)25-10-15(24)11-6-5-7-16(11)25/h8-9,11,15-16H,5-7,10,24H2,1-4H3,(H,28,29). The van der Waals surface area contributed by atoms with E-state index >= 15 is 4.39 Å². The van der Waals surface area contributed by atoms with Crippen molar-refractivity contribution in [3.05, 3.63) is 33.9 Å². The smallest absolute Gasteiger partial charge is 0.341 e. The summed E-state index contributed by atoms with van der Waals surface area (Å²) in [4.78, 5) is 26.5. The predicted molar refractivity (Wildman–Crippen MR) is 113 cm³/mol. The summed E-state index contributed by atoms with van der Waals surface area (Å²) in [5.41, 5.74) is 5.35. The molecule has 0 spiro atoms. The van der Waals surface area contributed by atoms with E-state index < -0.39 is 28.3 Å². The van der Waals surface area contributed by atoms with Crippen LogP contribution in [0.15, 0.2) is 17.1 Å². The van der Waals surface area contributed by atoms with Crippen molar-refractivity contribution in [2.24, 2.45) is 11.7 Å². The molecule has 30 heavy (non-hydrogen) atoms. The molecular weight excluding hydrogens is 389 g/mol. The second-order valence-corrected chi connectivity index (χ2v) is 9.33. The molecule has 2 heterocycles. The van der Waals surface area contributed by atoms with Crippen LogP contribution >= 0.6 is 0 Å². The minimum atomic E-state index is -1.34. The van der Waals surface area contributed by atoms with Gasteiger partial charge in [-0.05, 0) is 45.6 Å². The van der Waals surface area contributed by atoms with Gasteiger partial charge in [0.15, 0.2) is 11.6 Å². The van der Waals surface area contributed by atoms with Gasteiger partial charge in [-0.3, -0.25) is 4.79 Å². The van der Waals surface area contributed by atoms with Gasteiger partial charge < -0.3 is 25.0 Å². The zero-order valence-electron chi connectivity index (χ0n) is 17.7. The molecule has 3 unspecified atom stereocenters. The zero-order chi connectivity index (χ0) is 22.0. The van der Waals surface area contributed by atoms with Gasteiger partial charge in [0.2, 0.25) is 5.43 Å². The Balaban J connectivity index is 2.07. The molecule has 4 rings (SSSR count). The van der Waals surface area contributed by atoms with Gasteiger partial charge >= 0.3 is 5.97 Å². The van der Waals surface area contributed by atoms with Gasteiger partial charge in [0.1, 0.15) is 11.3 Å². The Morgan fingerprint density at radius 2 is 2.03 bits per heavy atom. The maximum absolute atomic E-state index is 15.5. The molecule has 2 aromatic rings. The van der Waals surface area contributed by atoms with E-state index in [0.717, 1.165) is 25.3 Å². The molecule has 8 heteroatoms. The van der Waals surface area contributed by atoms with Crippen LogP contribution in [0, 0.1) is 11.7 Å². The summed E-state index contributed by atoms with van der Waals surface area (Å²) in [6.45, 7) is 6.19. The van der Waals surface area contributed by atoms with Crippen molar-refractivity contribution < 1.29 is 19.0 Å². The third kappa shape index (κ3) is 2.96. The number of carbonyl (C=O) groups is 1. The second-order valence-electron chi connectivity index (χ2n) is 9.33. The zero-order valence-corrected chi connectivity index (χ0v) is 17.7. The average molecular weight is 417 g/mol. The molecule has 1 saturated heterocycles. The molecule has 0 amide bonds. The second kappa shape index (κ2) is 6.97. The lowest BCUT2D eigenvalue weighted by Gasteiger charge is -2.31. The first kappa shape index (κ1) is 20.7. The fourth-order valence-electron chi connectivity index (χ4n) is 5.17. The molecule has 2 fully saturated rings. The van der Waals surface area contributed by atoms with Crippen molar-refractivity contribution in [3.63, 3.8) is 0 Å². The molecule has 1 aliphatic carbocycles. The van der Waals surface area contributed by atoms with Crippen molar-refractivity contribution in [2.75, 3.05) is 18.6 Å². The van der Waals surface area contributed by atoms with Gasteiger partial charge in [0, 0.05) is 30.4 Å². The summed E-state index contributed by atoms with van der Waals surface area (Å²) >= 11 is 0. The summed E-state index contributed by atoms with van der Waals surface area (Å²) in [6.07, 6.45) is 4.33. The number of pyridine rings is 1. The number of fused-ring (bicyclic) bond motifs is 2. The number of hydrogen-bond acceptors (Lipinski definition) is 5. The van der Waals surface area contributed by atoms with Crippen molar-refractivity contribution in [1.82, 2.24) is 4.57 Å². The van der Waals surface area contributed by atoms with Crippen molar-refractivity contribution in [2.45, 2.75) is 57.7 Å². The number of nitrogens with two attached hydrogens (primary N) is 1. The minimum absolute atomic E-state index is 0.00519. The number of halogens is 1. The number of ether oxygens (including phenoxy) is 1. The highest BCUT2D eigenvalue weighted by molar-refractivity contribution is 5.97. The maximum Gasteiger partial charge on any atom is 0.341 e. The number of rotatable bonds is 3. The van der Waals surface area contributed by atoms with Crippen LogP contribution in [-0.2, 0) is 5.54 Å². The Kier molecular flexibility index (Phi) is 4.80. The van der Waals surface area contributed by atoms with E-state index in [1.54, 1.807) is 4.57 Å². The van der Waals surface area contributed by atoms with Crippen LogP contribution in [0.4, 0.5) is 10.1 Å². The average Bonchev–Trinajstić information content (AvgIpc) is 3.24. The molecule has 1 aromatic heterocycles. The van der Waals surface area contributed by atoms with Gasteiger partial charge in [-0.1, -0.05) is 6.42 Å². The Bertz CT molecular complexity index is 1090. The van der Waals surface area contributed by atoms with Crippen LogP contribution in [0.1, 0.15) is 50.4 Å². The summed E-state index contributed by atoms with van der Waals surface area (Å²) < 4.78 is 22.9. The van der Waals surface area contributed by atoms with Crippen molar-refractivity contribution in [3.8, 4) is 5.75 Å². The molecule has 3 atom stereocenters. The summed E-state index contributed by atoms with van der Waals surface area (Å²) in [7, 11) is 1.45. The highest BCUT2D eigenvalue weighted by Gasteiger charge is 2.45. The number of aromatic carboxylic acids is 1. The Morgan fingerprint density at radius 1 is 1.33 bits per heavy atom. The van der Waals surface area contributed by atoms with Crippen molar-refractivity contribution >= 4 is 22.6 Å². The third-order valence-corrected chi connectivity index (χ3v) is 6.50. The Morgan fingerprint density at radius 3 is 2.63 bits per heavy atom. The fourth-order valence-corrected chi connectivity index (χ4v) is 5.17. The number of nitrogens with zero attached hydrogens (tertiary/aromatic N) is 2. The van der Waals surface area contributed by atoms with Crippen LogP contribution in [0.5, 0.6) is 5.75 Å². The lowest BCUT2D eigenvalue weighted by Crippen LogP contribution is -2.33. The van der Waals surface area contributed by atoms with Crippen LogP contribution < -0.4 is 20.8 Å². The number of aromatic nitrogens is 1. The number of anilines is 1. The first-order chi connectivity index (χ1) is 14.1. The first-order valence-corrected chi connectivity index (χ1v) is 10.3. The van der Waals surface area contributed by atoms with E-state index in [1.165, 1.54) is 13.3 Å². The van der Waals surface area contributed by atoms with Gasteiger partial charge in [0.05, 0.1) is 18.0 Å². The van der Waals surface area contributed by atoms with E-state index in [-0.39, 0.29) is 23.2 Å². The van der Waals surface area contributed by atoms with Gasteiger partial charge in [-0.25, -0.2) is 9.18 Å². The molecule has 3 N–H and O–H groups in total. The predicted octanol–water partition coefficient (Wildman–Crippen LogP) is 2.92. The van der Waals surface area contributed by atoms with Gasteiger partial charge in [0.25, 0.3) is 0 Å². The number of methoxy groups -OCH3 is 1. The lowest BCUT2D eigenvalue weighted by molar-refractivity contribution is 0.0694. The summed E-state index contributed by atoms with van der Waals surface area (Å²) in [6, 6.07) is 1.24. The Labute approximate surface area is 174 Å². The minimum Gasteiger partial charge on any atom is -0.492 e. The molecule has 1 aromatic carbocycles. The van der Waals surface area contributed by atoms with E-state index in [4.69, 9.17) is 10.5 Å². The van der Waals surface area contributed by atoms with Crippen LogP contribution in [0.3, 0.4) is 0 Å². The molecule has 0 radical (unpaired) electrons. The van der Waals surface area contributed by atoms with Gasteiger partial charge in [-0.2, -0.15) is 0 Å². The lowest BCUT2D eigenvalue weighted by atomic mass is 10.00. The highest BCUT2D eigenvalue weighted by Crippen LogP contribution is 2.46. The van der Waals surface area contributed by atoms with E-state index in [2.05, 4.69) is 0 Å². The SMILES string of the molecule is COc1c(N2CC(N)C3CCCC32)c(F)cc2c(=O)c(C(=O)O)cn(C(C)(C)C)c12. The normalized spacial score (nSPS) is 23.8. The summed E-state index contributed by atoms with van der Waals surface area (Å²) in [5.74, 6) is -1.39. The molecule has 1 saturated carbocycles. The molecule has 7 nitrogen and oxygen atoms in total. The number of carboxylic acids is 1. The third-order valence-electron chi connectivity index (χ3n) is 6.50. The molecular formula is C22H28FN3O4. The van der Waals surface area contributed by atoms with E-state index in [0.29, 0.717) is 23.7 Å². The van der Waals surface area contributed by atoms with E-state index in [9.17, 15) is 14.7 Å². The molecule has 2 aliphatic rings. The van der Waals surface area contributed by atoms with Crippen LogP contribution in [0.2, 0.25) is 0 Å². The maximum atomic E-state index is 15.5. The Hall–Kier alpha value is -2.61. The quantitative estimate of drug-likeness (QED) is 0.797. The highest BCUT2D eigenvalue weighted by atomic mass is 19.1. The van der Waals surface area contributed by atoms with Gasteiger partial charge in [-0.15, -0.1) is 0 Å².